The maximum atomic E-state index is 11.3. The summed E-state index contributed by atoms with van der Waals surface area (Å²) in [6.07, 6.45) is 0. The summed E-state index contributed by atoms with van der Waals surface area (Å²) in [5, 5.41) is 19.7. The van der Waals surface area contributed by atoms with Gasteiger partial charge in [0.2, 0.25) is 6.79 Å². The van der Waals surface area contributed by atoms with Gasteiger partial charge in [-0.2, -0.15) is 5.10 Å². The molecule has 0 amide bonds. The van der Waals surface area contributed by atoms with Gasteiger partial charge < -0.3 is 24.8 Å². The van der Waals surface area contributed by atoms with Gasteiger partial charge in [0.1, 0.15) is 5.75 Å². The maximum absolute atomic E-state index is 11.3. The Kier molecular flexibility index (Phi) is 5.58. The molecule has 10 heteroatoms. The van der Waals surface area contributed by atoms with Crippen molar-refractivity contribution in [1.82, 2.24) is 9.78 Å². The number of rotatable bonds is 3. The highest BCUT2D eigenvalue weighted by molar-refractivity contribution is 9.10. The summed E-state index contributed by atoms with van der Waals surface area (Å²) in [4.78, 5) is 12.4. The standard InChI is InChI=1S/C32H23BrN6O3/c1-18-28-29(22-15-19(33)11-13-25(22)40)38-24-10-6-5-9-23(24)35-30(34-20-12-14-26-27(16-20)42-17-41-26)32(38)36-31(28)39(37-18)21-7-3-2-4-8-21/h2-16,29,40H,17H2,1H3,(H,34,35)/t29-/m0/s1. The molecule has 0 fully saturated rings. The number of amidine groups is 2. The summed E-state index contributed by atoms with van der Waals surface area (Å²) in [5.41, 5.74) is 5.73. The number of benzene rings is 4. The number of aryl methyl sites for hydroxylation is 1. The summed E-state index contributed by atoms with van der Waals surface area (Å²) in [6, 6.07) is 28.6. The number of phenolic OH excluding ortho intramolecular Hbond substituents is 1. The van der Waals surface area contributed by atoms with Gasteiger partial charge in [-0.15, -0.1) is 0 Å². The molecule has 0 unspecified atom stereocenters. The second-order valence-corrected chi connectivity index (χ2v) is 11.0. The predicted octanol–water partition coefficient (Wildman–Crippen LogP) is 7.17. The molecule has 4 aromatic carbocycles. The molecule has 9 nitrogen and oxygen atoms in total. The van der Waals surface area contributed by atoms with E-state index in [1.165, 1.54) is 0 Å². The molecule has 2 N–H and O–H groups in total. The van der Waals surface area contributed by atoms with Crippen LogP contribution in [0, 0.1) is 6.92 Å². The Hall–Kier alpha value is -5.09. The third-order valence-electron chi connectivity index (χ3n) is 7.56. The maximum Gasteiger partial charge on any atom is 0.231 e. The monoisotopic (exact) mass is 618 g/mol. The smallest absolute Gasteiger partial charge is 0.231 e. The number of fused-ring (bicyclic) bond motifs is 5. The zero-order valence-corrected chi connectivity index (χ0v) is 23.9. The van der Waals surface area contributed by atoms with E-state index in [9.17, 15) is 5.11 Å². The molecule has 0 spiro atoms. The minimum Gasteiger partial charge on any atom is -0.508 e. The van der Waals surface area contributed by atoms with Crippen molar-refractivity contribution < 1.29 is 14.6 Å². The fourth-order valence-electron chi connectivity index (χ4n) is 5.70. The molecule has 5 aromatic rings. The fourth-order valence-corrected chi connectivity index (χ4v) is 6.08. The number of halogens is 1. The van der Waals surface area contributed by atoms with Gasteiger partial charge in [0.05, 0.1) is 28.8 Å². The van der Waals surface area contributed by atoms with Crippen LogP contribution in [0.2, 0.25) is 0 Å². The third kappa shape index (κ3) is 3.87. The molecule has 1 atom stereocenters. The van der Waals surface area contributed by atoms with E-state index in [0.717, 1.165) is 38.5 Å². The average Bonchev–Trinajstić information content (AvgIpc) is 3.62. The van der Waals surface area contributed by atoms with Gasteiger partial charge in [0, 0.05) is 27.4 Å². The predicted molar refractivity (Wildman–Crippen MR) is 165 cm³/mol. The molecule has 0 radical (unpaired) electrons. The lowest BCUT2D eigenvalue weighted by molar-refractivity contribution is 0.174. The van der Waals surface area contributed by atoms with Crippen molar-refractivity contribution in [3.05, 3.63) is 112 Å². The molecule has 0 saturated heterocycles. The number of aromatic hydroxyl groups is 1. The second-order valence-electron chi connectivity index (χ2n) is 10.1. The summed E-state index contributed by atoms with van der Waals surface area (Å²) >= 11 is 3.62. The number of nitrogens with one attached hydrogen (secondary N) is 1. The number of nitrogens with zero attached hydrogens (tertiary/aromatic N) is 5. The number of aromatic nitrogens is 2. The van der Waals surface area contributed by atoms with E-state index in [2.05, 4.69) is 26.1 Å². The van der Waals surface area contributed by atoms with Gasteiger partial charge in [0.15, 0.2) is 29.0 Å². The van der Waals surface area contributed by atoms with Gasteiger partial charge in [-0.25, -0.2) is 14.7 Å². The Bertz CT molecular complexity index is 1950. The number of anilines is 2. The summed E-state index contributed by atoms with van der Waals surface area (Å²) in [7, 11) is 0. The summed E-state index contributed by atoms with van der Waals surface area (Å²) in [6.45, 7) is 2.17. The van der Waals surface area contributed by atoms with Crippen molar-refractivity contribution in [3.8, 4) is 22.9 Å². The van der Waals surface area contributed by atoms with Crippen molar-refractivity contribution in [2.75, 3.05) is 17.0 Å². The van der Waals surface area contributed by atoms with E-state index < -0.39 is 6.04 Å². The zero-order valence-electron chi connectivity index (χ0n) is 22.3. The summed E-state index contributed by atoms with van der Waals surface area (Å²) in [5.74, 6) is 3.36. The number of hydrogen-bond donors (Lipinski definition) is 2. The van der Waals surface area contributed by atoms with Gasteiger partial charge in [0.25, 0.3) is 0 Å². The first-order valence-electron chi connectivity index (χ1n) is 13.4. The molecule has 0 aliphatic carbocycles. The number of aliphatic imine (C=N–C) groups is 2. The Morgan fingerprint density at radius 2 is 1.71 bits per heavy atom. The Balaban J connectivity index is 1.38. The van der Waals surface area contributed by atoms with Crippen LogP contribution in [0.5, 0.6) is 17.2 Å². The first-order chi connectivity index (χ1) is 20.5. The zero-order chi connectivity index (χ0) is 28.4. The van der Waals surface area contributed by atoms with Crippen LogP contribution in [-0.2, 0) is 0 Å². The SMILES string of the molecule is Cc1nn(-c2ccccc2)c2c1[C@H](c1cc(Br)ccc1O)N1C(=N2)C(Nc2ccc3c(c2)OCO3)=Nc2ccccc21. The molecule has 4 heterocycles. The Morgan fingerprint density at radius 3 is 2.60 bits per heavy atom. The van der Waals surface area contributed by atoms with E-state index >= 15 is 0 Å². The van der Waals surface area contributed by atoms with Crippen molar-refractivity contribution in [1.29, 1.82) is 0 Å². The lowest BCUT2D eigenvalue weighted by atomic mass is 9.92. The van der Waals surface area contributed by atoms with E-state index in [-0.39, 0.29) is 12.5 Å². The number of para-hydroxylation sites is 3. The molecule has 0 bridgehead atoms. The fraction of sp³-hybridized carbons (Fsp3) is 0.0938. The van der Waals surface area contributed by atoms with E-state index in [0.29, 0.717) is 34.6 Å². The molecule has 0 saturated carbocycles. The van der Waals surface area contributed by atoms with Crippen LogP contribution in [0.4, 0.5) is 22.9 Å². The number of phenols is 1. The molecule has 3 aliphatic rings. The highest BCUT2D eigenvalue weighted by Gasteiger charge is 2.42. The van der Waals surface area contributed by atoms with Gasteiger partial charge in [-0.05, 0) is 61.5 Å². The molecule has 3 aliphatic heterocycles. The van der Waals surface area contributed by atoms with Crippen molar-refractivity contribution in [2.45, 2.75) is 13.0 Å². The molecular formula is C32H23BrN6O3. The Morgan fingerprint density at radius 1 is 0.905 bits per heavy atom. The van der Waals surface area contributed by atoms with Crippen LogP contribution >= 0.6 is 15.9 Å². The second kappa shape index (κ2) is 9.49. The van der Waals surface area contributed by atoms with Crippen molar-refractivity contribution in [2.24, 2.45) is 9.98 Å². The first-order valence-corrected chi connectivity index (χ1v) is 14.2. The highest BCUT2D eigenvalue weighted by Crippen LogP contribution is 2.50. The normalized spacial score (nSPS) is 16.2. The van der Waals surface area contributed by atoms with Crippen molar-refractivity contribution >= 4 is 50.5 Å². The van der Waals surface area contributed by atoms with Gasteiger partial charge >= 0.3 is 0 Å². The van der Waals surface area contributed by atoms with Crippen LogP contribution in [0.1, 0.15) is 22.9 Å². The van der Waals surface area contributed by atoms with Gasteiger partial charge in [-0.3, -0.25) is 0 Å². The summed E-state index contributed by atoms with van der Waals surface area (Å²) < 4.78 is 13.8. The van der Waals surface area contributed by atoms with Crippen LogP contribution in [0.3, 0.4) is 0 Å². The largest absolute Gasteiger partial charge is 0.508 e. The lowest BCUT2D eigenvalue weighted by Gasteiger charge is -2.40. The first kappa shape index (κ1) is 24.7. The lowest BCUT2D eigenvalue weighted by Crippen LogP contribution is -2.46. The van der Waals surface area contributed by atoms with Crippen LogP contribution in [-0.4, -0.2) is 33.4 Å². The Labute approximate surface area is 249 Å². The van der Waals surface area contributed by atoms with Crippen LogP contribution in [0.15, 0.2) is 105 Å². The number of hydrogen-bond acceptors (Lipinski definition) is 8. The van der Waals surface area contributed by atoms with E-state index in [1.54, 1.807) is 6.07 Å². The quantitative estimate of drug-likeness (QED) is 0.222. The molecular weight excluding hydrogens is 596 g/mol. The number of ether oxygens (including phenoxy) is 2. The molecule has 8 rings (SSSR count). The van der Waals surface area contributed by atoms with E-state index in [4.69, 9.17) is 24.6 Å². The van der Waals surface area contributed by atoms with Crippen LogP contribution < -0.4 is 19.7 Å². The minimum absolute atomic E-state index is 0.174. The molecule has 1 aromatic heterocycles. The van der Waals surface area contributed by atoms with Crippen LogP contribution in [0.25, 0.3) is 5.69 Å². The van der Waals surface area contributed by atoms with E-state index in [1.807, 2.05) is 96.5 Å². The topological polar surface area (TPSA) is 96.5 Å². The highest BCUT2D eigenvalue weighted by atomic mass is 79.9. The van der Waals surface area contributed by atoms with Crippen molar-refractivity contribution in [3.63, 3.8) is 0 Å². The average molecular weight is 619 g/mol. The molecule has 206 valence electrons. The third-order valence-corrected chi connectivity index (χ3v) is 8.05. The molecule has 42 heavy (non-hydrogen) atoms. The minimum atomic E-state index is -0.451. The van der Waals surface area contributed by atoms with Gasteiger partial charge in [-0.1, -0.05) is 46.3 Å².